The van der Waals surface area contributed by atoms with Crippen molar-refractivity contribution in [2.45, 2.75) is 24.0 Å². The first-order valence-electron chi connectivity index (χ1n) is 12.6. The first kappa shape index (κ1) is 24.8. The minimum absolute atomic E-state index is 0.0242. The second-order valence-corrected chi connectivity index (χ2v) is 9.41. The first-order valence-corrected chi connectivity index (χ1v) is 12.6. The Labute approximate surface area is 226 Å². The van der Waals surface area contributed by atoms with Crippen LogP contribution in [0.3, 0.4) is 0 Å². The third-order valence-electron chi connectivity index (χ3n) is 7.56. The number of ether oxygens (including phenoxy) is 5. The molecule has 2 aliphatic rings. The van der Waals surface area contributed by atoms with Crippen molar-refractivity contribution in [2.24, 2.45) is 0 Å². The highest BCUT2D eigenvalue weighted by Crippen LogP contribution is 2.71. The number of aliphatic hydroxyl groups is 1. The maximum absolute atomic E-state index is 13.2. The number of nitrogens with zero attached hydrogens (tertiary/aromatic N) is 2. The summed E-state index contributed by atoms with van der Waals surface area (Å²) in [6.07, 6.45) is 0. The van der Waals surface area contributed by atoms with E-state index in [-0.39, 0.29) is 5.95 Å². The number of hydrogen-bond acceptors (Lipinski definition) is 9. The summed E-state index contributed by atoms with van der Waals surface area (Å²) >= 11 is 0. The molecule has 9 nitrogen and oxygen atoms in total. The van der Waals surface area contributed by atoms with Crippen molar-refractivity contribution in [2.75, 3.05) is 33.7 Å². The van der Waals surface area contributed by atoms with E-state index in [9.17, 15) is 5.11 Å². The van der Waals surface area contributed by atoms with Gasteiger partial charge in [0.05, 0.1) is 50.7 Å². The number of nitrogen functional groups attached to an aromatic ring is 1. The molecule has 0 amide bonds. The van der Waals surface area contributed by atoms with Crippen LogP contribution in [0.2, 0.25) is 0 Å². The van der Waals surface area contributed by atoms with Crippen LogP contribution in [-0.2, 0) is 11.2 Å². The Morgan fingerprint density at radius 1 is 0.923 bits per heavy atom. The van der Waals surface area contributed by atoms with Crippen molar-refractivity contribution in [3.05, 3.63) is 94.7 Å². The number of hydrogen-bond donors (Lipinski definition) is 2. The van der Waals surface area contributed by atoms with Crippen molar-refractivity contribution < 1.29 is 28.8 Å². The Morgan fingerprint density at radius 3 is 2.28 bits per heavy atom. The number of anilines is 1. The molecule has 1 aliphatic heterocycles. The fourth-order valence-electron chi connectivity index (χ4n) is 6.05. The van der Waals surface area contributed by atoms with Gasteiger partial charge in [-0.25, -0.2) is 4.98 Å². The third kappa shape index (κ3) is 3.29. The highest BCUT2D eigenvalue weighted by molar-refractivity contribution is 5.70. The summed E-state index contributed by atoms with van der Waals surface area (Å²) < 4.78 is 29.8. The van der Waals surface area contributed by atoms with E-state index in [0.717, 1.165) is 5.56 Å². The van der Waals surface area contributed by atoms with Gasteiger partial charge in [-0.2, -0.15) is 4.98 Å². The van der Waals surface area contributed by atoms with Gasteiger partial charge in [-0.15, -0.1) is 0 Å². The molecule has 9 heteroatoms. The Kier molecular flexibility index (Phi) is 5.76. The largest absolute Gasteiger partial charge is 0.497 e. The molecule has 4 aromatic rings. The smallest absolute Gasteiger partial charge is 0.223 e. The van der Waals surface area contributed by atoms with Crippen LogP contribution in [0.4, 0.5) is 5.95 Å². The summed E-state index contributed by atoms with van der Waals surface area (Å²) in [6.45, 7) is 2.21. The molecular formula is C30H29N3O6. The topological polar surface area (TPSA) is 118 Å². The monoisotopic (exact) mass is 527 g/mol. The Hall–Kier alpha value is -4.50. The molecule has 3 N–H and O–H groups in total. The molecule has 0 bridgehead atoms. The molecule has 200 valence electrons. The lowest BCUT2D eigenvalue weighted by atomic mass is 9.70. The average molecular weight is 528 g/mol. The van der Waals surface area contributed by atoms with Gasteiger partial charge < -0.3 is 34.5 Å². The highest BCUT2D eigenvalue weighted by Gasteiger charge is 2.74. The van der Waals surface area contributed by atoms with Crippen molar-refractivity contribution >= 4 is 5.95 Å². The van der Waals surface area contributed by atoms with Crippen LogP contribution >= 0.6 is 0 Å². The van der Waals surface area contributed by atoms with Crippen molar-refractivity contribution in [1.82, 2.24) is 9.97 Å². The quantitative estimate of drug-likeness (QED) is 0.365. The molecule has 2 unspecified atom stereocenters. The maximum atomic E-state index is 13.2. The molecule has 3 aromatic carbocycles. The number of fused-ring (bicyclic) bond motifs is 5. The van der Waals surface area contributed by atoms with Gasteiger partial charge in [-0.3, -0.25) is 0 Å². The van der Waals surface area contributed by atoms with Crippen LogP contribution in [0.25, 0.3) is 0 Å². The molecule has 1 aliphatic carbocycles. The minimum atomic E-state index is -1.85. The molecular weight excluding hydrogens is 498 g/mol. The number of benzene rings is 3. The lowest BCUT2D eigenvalue weighted by Crippen LogP contribution is -2.49. The van der Waals surface area contributed by atoms with Gasteiger partial charge in [0, 0.05) is 17.7 Å². The Bertz CT molecular complexity index is 1550. The van der Waals surface area contributed by atoms with E-state index in [1.54, 1.807) is 26.4 Å². The normalized spacial score (nSPS) is 22.3. The van der Waals surface area contributed by atoms with Crippen LogP contribution in [0.1, 0.15) is 40.8 Å². The zero-order chi connectivity index (χ0) is 27.4. The fourth-order valence-corrected chi connectivity index (χ4v) is 6.05. The van der Waals surface area contributed by atoms with Gasteiger partial charge in [0.25, 0.3) is 0 Å². The number of nitrogens with two attached hydrogens (primary N) is 1. The van der Waals surface area contributed by atoms with Crippen LogP contribution < -0.4 is 29.4 Å². The van der Waals surface area contributed by atoms with Gasteiger partial charge in [0.15, 0.2) is 11.2 Å². The van der Waals surface area contributed by atoms with E-state index >= 15 is 0 Å². The van der Waals surface area contributed by atoms with Crippen LogP contribution in [0, 0.1) is 0 Å². The lowest BCUT2D eigenvalue weighted by molar-refractivity contribution is -0.0909. The van der Waals surface area contributed by atoms with E-state index in [2.05, 4.69) is 9.97 Å². The standard InChI is InChI=1S/C30H29N3O6/c1-5-38-27-23-24(17-9-7-6-8-10-17)30(18-11-13-19(35-2)14-12-18)29(34,26(23)32-28(31)33-27)25-21(37-4)15-20(36-3)16-22(25)39-30/h6-16,24,34H,5H2,1-4H3,(H2,31,32,33)/t24?,29?,30-/m0/s1. The SMILES string of the molecule is CCOc1nc(N)nc2c1C(c1ccccc1)[C@]1(c3ccc(OC)cc3)Oc3cc(OC)cc(OC)c3C21O. The molecule has 1 aromatic heterocycles. The van der Waals surface area contributed by atoms with Crippen LogP contribution in [0.15, 0.2) is 66.7 Å². The summed E-state index contributed by atoms with van der Waals surface area (Å²) in [4.78, 5) is 9.11. The van der Waals surface area contributed by atoms with Gasteiger partial charge in [0.1, 0.15) is 23.0 Å². The third-order valence-corrected chi connectivity index (χ3v) is 7.56. The predicted octanol–water partition coefficient (Wildman–Crippen LogP) is 4.15. The molecule has 0 fully saturated rings. The van der Waals surface area contributed by atoms with Crippen LogP contribution in [0.5, 0.6) is 28.9 Å². The molecule has 39 heavy (non-hydrogen) atoms. The molecule has 6 rings (SSSR count). The second kappa shape index (κ2) is 9.06. The first-order chi connectivity index (χ1) is 18.9. The van der Waals surface area contributed by atoms with E-state index in [1.807, 2.05) is 61.5 Å². The van der Waals surface area contributed by atoms with Crippen molar-refractivity contribution in [3.63, 3.8) is 0 Å². The summed E-state index contributed by atoms with van der Waals surface area (Å²) in [5, 5.41) is 13.2. The number of aromatic nitrogens is 2. The number of methoxy groups -OCH3 is 3. The average Bonchev–Trinajstić information content (AvgIpc) is 3.35. The van der Waals surface area contributed by atoms with Crippen LogP contribution in [-0.4, -0.2) is 43.0 Å². The van der Waals surface area contributed by atoms with E-state index < -0.39 is 17.1 Å². The van der Waals surface area contributed by atoms with Crippen molar-refractivity contribution in [1.29, 1.82) is 0 Å². The van der Waals surface area contributed by atoms with E-state index in [1.165, 1.54) is 7.11 Å². The molecule has 0 saturated carbocycles. The predicted molar refractivity (Wildman–Crippen MR) is 144 cm³/mol. The van der Waals surface area contributed by atoms with E-state index in [4.69, 9.17) is 29.4 Å². The zero-order valence-electron chi connectivity index (χ0n) is 22.1. The summed E-state index contributed by atoms with van der Waals surface area (Å²) in [5.74, 6) is 1.65. The molecule has 0 radical (unpaired) electrons. The van der Waals surface area contributed by atoms with Gasteiger partial charge in [0.2, 0.25) is 11.8 Å². The summed E-state index contributed by atoms with van der Waals surface area (Å²) in [6, 6.07) is 20.7. The zero-order valence-corrected chi connectivity index (χ0v) is 22.1. The second-order valence-electron chi connectivity index (χ2n) is 9.41. The molecule has 0 spiro atoms. The lowest BCUT2D eigenvalue weighted by Gasteiger charge is -2.40. The number of rotatable bonds is 7. The molecule has 0 saturated heterocycles. The van der Waals surface area contributed by atoms with E-state index in [0.29, 0.717) is 57.9 Å². The maximum Gasteiger partial charge on any atom is 0.223 e. The van der Waals surface area contributed by atoms with Gasteiger partial charge >= 0.3 is 0 Å². The summed E-state index contributed by atoms with van der Waals surface area (Å²) in [7, 11) is 4.71. The molecule has 3 atom stereocenters. The fraction of sp³-hybridized carbons (Fsp3) is 0.267. The van der Waals surface area contributed by atoms with Crippen molar-refractivity contribution in [3.8, 4) is 28.9 Å². The Balaban J connectivity index is 1.78. The minimum Gasteiger partial charge on any atom is -0.497 e. The van der Waals surface area contributed by atoms with Gasteiger partial charge in [-0.05, 0) is 24.6 Å². The van der Waals surface area contributed by atoms with Gasteiger partial charge in [-0.1, -0.05) is 42.5 Å². The highest BCUT2D eigenvalue weighted by atomic mass is 16.5. The summed E-state index contributed by atoms with van der Waals surface area (Å²) in [5.41, 5.74) is 5.80. The molecule has 2 heterocycles. The Morgan fingerprint density at radius 2 is 1.64 bits per heavy atom.